The quantitative estimate of drug-likeness (QED) is 0.806. The Morgan fingerprint density at radius 3 is 2.39 bits per heavy atom. The number of nitrogens with zero attached hydrogens (tertiary/aromatic N) is 3. The Kier molecular flexibility index (Phi) is 1.84. The van der Waals surface area contributed by atoms with Crippen LogP contribution in [-0.4, -0.2) is 14.8 Å². The molecule has 0 bridgehead atoms. The maximum atomic E-state index is 4.39. The minimum Gasteiger partial charge on any atom is -0.320 e. The molecule has 1 aromatic heterocycles. The van der Waals surface area contributed by atoms with Gasteiger partial charge < -0.3 is 4.57 Å². The molecule has 3 nitrogen and oxygen atoms in total. The van der Waals surface area contributed by atoms with Crippen LogP contribution in [0.25, 0.3) is 0 Å². The summed E-state index contributed by atoms with van der Waals surface area (Å²) in [6.07, 6.45) is 7.11. The van der Waals surface area contributed by atoms with Gasteiger partial charge in [0.05, 0.1) is 5.41 Å². The summed E-state index contributed by atoms with van der Waals surface area (Å²) < 4.78 is 2.09. The number of hydrogen-bond donors (Lipinski definition) is 0. The molecule has 2 aromatic rings. The Morgan fingerprint density at radius 2 is 1.83 bits per heavy atom. The van der Waals surface area contributed by atoms with Crippen molar-refractivity contribution in [3.63, 3.8) is 0 Å². The molecule has 0 saturated heterocycles. The van der Waals surface area contributed by atoms with Crippen molar-refractivity contribution in [3.8, 4) is 0 Å². The summed E-state index contributed by atoms with van der Waals surface area (Å²) in [6, 6.07) is 10.8. The maximum Gasteiger partial charge on any atom is 0.143 e. The van der Waals surface area contributed by atoms with Gasteiger partial charge in [-0.3, -0.25) is 0 Å². The van der Waals surface area contributed by atoms with Gasteiger partial charge in [-0.25, -0.2) is 0 Å². The van der Waals surface area contributed by atoms with E-state index in [4.69, 9.17) is 0 Å². The molecule has 92 valence electrons. The molecule has 1 aromatic carbocycles. The van der Waals surface area contributed by atoms with E-state index in [9.17, 15) is 0 Å². The smallest absolute Gasteiger partial charge is 0.143 e. The first kappa shape index (κ1) is 10.3. The molecular weight excluding hydrogens is 222 g/mol. The van der Waals surface area contributed by atoms with E-state index in [1.807, 2.05) is 6.33 Å². The predicted octanol–water partition coefficient (Wildman–Crippen LogP) is 2.68. The van der Waals surface area contributed by atoms with E-state index < -0.39 is 0 Å². The lowest BCUT2D eigenvalue weighted by Crippen LogP contribution is -2.45. The minimum atomic E-state index is 0.114. The number of rotatable bonds is 2. The van der Waals surface area contributed by atoms with E-state index in [-0.39, 0.29) is 5.41 Å². The first-order valence-electron chi connectivity index (χ1n) is 6.64. The van der Waals surface area contributed by atoms with Crippen molar-refractivity contribution in [1.29, 1.82) is 0 Å². The van der Waals surface area contributed by atoms with E-state index >= 15 is 0 Å². The molecule has 2 aliphatic rings. The fourth-order valence-corrected chi connectivity index (χ4v) is 3.72. The van der Waals surface area contributed by atoms with Crippen molar-refractivity contribution in [2.75, 3.05) is 0 Å². The minimum absolute atomic E-state index is 0.114. The highest BCUT2D eigenvalue weighted by Gasteiger charge is 2.63. The lowest BCUT2D eigenvalue weighted by atomic mass is 9.56. The summed E-state index contributed by atoms with van der Waals surface area (Å²) in [7, 11) is 2.05. The number of aryl methyl sites for hydroxylation is 1. The van der Waals surface area contributed by atoms with Crippen LogP contribution in [0, 0.1) is 5.41 Å². The van der Waals surface area contributed by atoms with Gasteiger partial charge in [-0.05, 0) is 36.7 Å². The fourth-order valence-electron chi connectivity index (χ4n) is 3.72. The summed E-state index contributed by atoms with van der Waals surface area (Å²) >= 11 is 0. The molecular formula is C15H17N3. The van der Waals surface area contributed by atoms with Crippen LogP contribution in [0.1, 0.15) is 37.1 Å². The highest BCUT2D eigenvalue weighted by atomic mass is 15.3. The molecule has 2 aliphatic carbocycles. The standard InChI is InChI=1S/C15H17N3/c1-18-11-16-17-13(18)15(9-14(10-15)7-8-14)12-5-3-2-4-6-12/h2-6,11H,7-10H2,1H3. The van der Waals surface area contributed by atoms with Gasteiger partial charge in [0.15, 0.2) is 0 Å². The maximum absolute atomic E-state index is 4.39. The van der Waals surface area contributed by atoms with Crippen molar-refractivity contribution < 1.29 is 0 Å². The van der Waals surface area contributed by atoms with Crippen molar-refractivity contribution >= 4 is 0 Å². The van der Waals surface area contributed by atoms with Gasteiger partial charge in [-0.15, -0.1) is 10.2 Å². The monoisotopic (exact) mass is 239 g/mol. The van der Waals surface area contributed by atoms with Crippen molar-refractivity contribution in [2.45, 2.75) is 31.1 Å². The van der Waals surface area contributed by atoms with Crippen LogP contribution >= 0.6 is 0 Å². The topological polar surface area (TPSA) is 30.7 Å². The van der Waals surface area contributed by atoms with Crippen LogP contribution in [0.15, 0.2) is 36.7 Å². The predicted molar refractivity (Wildman–Crippen MR) is 69.1 cm³/mol. The average Bonchev–Trinajstić information content (AvgIpc) is 3.04. The zero-order chi connectivity index (χ0) is 12.2. The van der Waals surface area contributed by atoms with Gasteiger partial charge in [-0.1, -0.05) is 30.3 Å². The molecule has 0 unspecified atom stereocenters. The first-order chi connectivity index (χ1) is 8.74. The third kappa shape index (κ3) is 1.25. The van der Waals surface area contributed by atoms with Gasteiger partial charge in [0.2, 0.25) is 0 Å². The molecule has 1 heterocycles. The Bertz CT molecular complexity index is 573. The lowest BCUT2D eigenvalue weighted by molar-refractivity contribution is 0.145. The Labute approximate surface area is 107 Å². The second kappa shape index (κ2) is 3.22. The van der Waals surface area contributed by atoms with E-state index in [0.717, 1.165) is 5.82 Å². The molecule has 1 spiro atoms. The normalized spacial score (nSPS) is 22.7. The van der Waals surface area contributed by atoms with Crippen LogP contribution in [0.4, 0.5) is 0 Å². The first-order valence-corrected chi connectivity index (χ1v) is 6.64. The van der Waals surface area contributed by atoms with Crippen molar-refractivity contribution in [2.24, 2.45) is 12.5 Å². The SMILES string of the molecule is Cn1cnnc1C1(c2ccccc2)CC2(CC2)C1. The van der Waals surface area contributed by atoms with Gasteiger partial charge in [-0.2, -0.15) is 0 Å². The van der Waals surface area contributed by atoms with Crippen LogP contribution in [0.3, 0.4) is 0 Å². The second-order valence-corrected chi connectivity index (χ2v) is 6.07. The third-order valence-corrected chi connectivity index (χ3v) is 4.78. The van der Waals surface area contributed by atoms with E-state index in [1.54, 1.807) is 0 Å². The number of aromatic nitrogens is 3. The molecule has 0 aliphatic heterocycles. The number of benzene rings is 1. The zero-order valence-corrected chi connectivity index (χ0v) is 10.6. The van der Waals surface area contributed by atoms with E-state index in [1.165, 1.54) is 31.2 Å². The van der Waals surface area contributed by atoms with Gasteiger partial charge in [0.1, 0.15) is 12.2 Å². The van der Waals surface area contributed by atoms with Gasteiger partial charge >= 0.3 is 0 Å². The lowest BCUT2D eigenvalue weighted by Gasteiger charge is -2.48. The highest BCUT2D eigenvalue weighted by Crippen LogP contribution is 2.70. The third-order valence-electron chi connectivity index (χ3n) is 4.78. The second-order valence-electron chi connectivity index (χ2n) is 6.07. The van der Waals surface area contributed by atoms with E-state index in [2.05, 4.69) is 52.1 Å². The molecule has 0 atom stereocenters. The molecule has 4 rings (SSSR count). The van der Waals surface area contributed by atoms with Gasteiger partial charge in [0.25, 0.3) is 0 Å². The highest BCUT2D eigenvalue weighted by molar-refractivity contribution is 5.40. The van der Waals surface area contributed by atoms with Crippen LogP contribution < -0.4 is 0 Å². The molecule has 2 saturated carbocycles. The van der Waals surface area contributed by atoms with Crippen molar-refractivity contribution in [1.82, 2.24) is 14.8 Å². The fraction of sp³-hybridized carbons (Fsp3) is 0.467. The average molecular weight is 239 g/mol. The Morgan fingerprint density at radius 1 is 1.11 bits per heavy atom. The Balaban J connectivity index is 1.83. The molecule has 2 fully saturated rings. The molecule has 3 heteroatoms. The zero-order valence-electron chi connectivity index (χ0n) is 10.6. The van der Waals surface area contributed by atoms with Crippen LogP contribution in [0.5, 0.6) is 0 Å². The summed E-state index contributed by atoms with van der Waals surface area (Å²) in [5.74, 6) is 1.13. The Hall–Kier alpha value is -1.64. The molecule has 0 N–H and O–H groups in total. The molecule has 0 amide bonds. The summed E-state index contributed by atoms with van der Waals surface area (Å²) in [5.41, 5.74) is 2.16. The molecule has 18 heavy (non-hydrogen) atoms. The summed E-state index contributed by atoms with van der Waals surface area (Å²) in [5, 5.41) is 8.47. The summed E-state index contributed by atoms with van der Waals surface area (Å²) in [4.78, 5) is 0. The molecule has 0 radical (unpaired) electrons. The van der Waals surface area contributed by atoms with Crippen molar-refractivity contribution in [3.05, 3.63) is 48.0 Å². The van der Waals surface area contributed by atoms with Crippen LogP contribution in [-0.2, 0) is 12.5 Å². The number of hydrogen-bond acceptors (Lipinski definition) is 2. The van der Waals surface area contributed by atoms with Gasteiger partial charge in [0, 0.05) is 7.05 Å². The van der Waals surface area contributed by atoms with Crippen LogP contribution in [0.2, 0.25) is 0 Å². The summed E-state index contributed by atoms with van der Waals surface area (Å²) in [6.45, 7) is 0. The largest absolute Gasteiger partial charge is 0.320 e. The van der Waals surface area contributed by atoms with E-state index in [0.29, 0.717) is 5.41 Å².